The van der Waals surface area contributed by atoms with Crippen LogP contribution in [0.3, 0.4) is 0 Å². The van der Waals surface area contributed by atoms with Crippen LogP contribution in [-0.4, -0.2) is 14.2 Å². The summed E-state index contributed by atoms with van der Waals surface area (Å²) >= 11 is 0. The maximum Gasteiger partial charge on any atom is 0.184 e. The van der Waals surface area contributed by atoms with Crippen molar-refractivity contribution in [3.63, 3.8) is 0 Å². The molecule has 0 aliphatic heterocycles. The third-order valence-corrected chi connectivity index (χ3v) is 2.58. The monoisotopic (exact) mass is 244 g/mol. The molecule has 96 valence electrons. The molecule has 0 amide bonds. The number of hydrogen-bond acceptors (Lipinski definition) is 2. The molecule has 0 radical (unpaired) electrons. The van der Waals surface area contributed by atoms with Crippen molar-refractivity contribution < 1.29 is 9.47 Å². The van der Waals surface area contributed by atoms with E-state index >= 15 is 0 Å². The van der Waals surface area contributed by atoms with E-state index in [4.69, 9.17) is 9.47 Å². The highest BCUT2D eigenvalue weighted by atomic mass is 16.7. The lowest BCUT2D eigenvalue weighted by Crippen LogP contribution is -2.05. The number of methoxy groups -OCH3 is 2. The van der Waals surface area contributed by atoms with Crippen molar-refractivity contribution in [2.45, 2.75) is 25.6 Å². The van der Waals surface area contributed by atoms with E-state index in [1.807, 2.05) is 30.3 Å². The number of hydrogen-bond donors (Lipinski definition) is 0. The highest BCUT2D eigenvalue weighted by Crippen LogP contribution is 2.20. The molecule has 1 aromatic carbocycles. The van der Waals surface area contributed by atoms with Crippen molar-refractivity contribution in [3.8, 4) is 11.8 Å². The smallest absolute Gasteiger partial charge is 0.184 e. The summed E-state index contributed by atoms with van der Waals surface area (Å²) < 4.78 is 10.5. The topological polar surface area (TPSA) is 18.5 Å². The molecule has 0 spiro atoms. The normalized spacial score (nSPS) is 9.94. The molecule has 0 aliphatic carbocycles. The van der Waals surface area contributed by atoms with Crippen molar-refractivity contribution in [2.24, 2.45) is 0 Å². The second-order valence-corrected chi connectivity index (χ2v) is 3.87. The van der Waals surface area contributed by atoms with E-state index in [1.165, 1.54) is 0 Å². The Morgan fingerprint density at radius 1 is 1.28 bits per heavy atom. The van der Waals surface area contributed by atoms with E-state index < -0.39 is 0 Å². The van der Waals surface area contributed by atoms with E-state index in [9.17, 15) is 0 Å². The van der Waals surface area contributed by atoms with Gasteiger partial charge in [0.1, 0.15) is 0 Å². The van der Waals surface area contributed by atoms with Gasteiger partial charge < -0.3 is 9.47 Å². The molecule has 18 heavy (non-hydrogen) atoms. The Hall–Kier alpha value is -1.56. The summed E-state index contributed by atoms with van der Waals surface area (Å²) in [5.74, 6) is 6.35. The summed E-state index contributed by atoms with van der Waals surface area (Å²) in [5, 5.41) is 0. The number of benzene rings is 1. The van der Waals surface area contributed by atoms with Crippen LogP contribution in [0.15, 0.2) is 36.9 Å². The van der Waals surface area contributed by atoms with E-state index in [1.54, 1.807) is 14.2 Å². The number of allylic oxidation sites excluding steroid dienone is 1. The van der Waals surface area contributed by atoms with Gasteiger partial charge in [-0.3, -0.25) is 0 Å². The Labute approximate surface area is 110 Å². The standard InChI is InChI=1S/C16H20O2/c1-4-5-6-7-8-11-14-12-9-10-13-15(14)16(17-2)18-3/h4,9-10,12-13,16H,1,5-7H2,2-3H3. The van der Waals surface area contributed by atoms with Gasteiger partial charge in [0, 0.05) is 31.8 Å². The molecular formula is C16H20O2. The minimum Gasteiger partial charge on any atom is -0.352 e. The van der Waals surface area contributed by atoms with Gasteiger partial charge in [-0.25, -0.2) is 0 Å². The predicted octanol–water partition coefficient (Wildman–Crippen LogP) is 3.69. The Kier molecular flexibility index (Phi) is 6.86. The lowest BCUT2D eigenvalue weighted by molar-refractivity contribution is -0.106. The first-order valence-electron chi connectivity index (χ1n) is 6.07. The molecule has 0 saturated carbocycles. The van der Waals surface area contributed by atoms with Gasteiger partial charge >= 0.3 is 0 Å². The number of rotatable bonds is 6. The molecule has 0 unspecified atom stereocenters. The molecule has 2 nitrogen and oxygen atoms in total. The summed E-state index contributed by atoms with van der Waals surface area (Å²) in [5.41, 5.74) is 1.93. The minimum atomic E-state index is -0.358. The van der Waals surface area contributed by atoms with E-state index in [2.05, 4.69) is 18.4 Å². The molecule has 0 saturated heterocycles. The maximum absolute atomic E-state index is 5.27. The average Bonchev–Trinajstić information content (AvgIpc) is 2.41. The Morgan fingerprint density at radius 3 is 2.67 bits per heavy atom. The van der Waals surface area contributed by atoms with Crippen molar-refractivity contribution >= 4 is 0 Å². The zero-order chi connectivity index (χ0) is 13.2. The molecule has 0 N–H and O–H groups in total. The zero-order valence-corrected chi connectivity index (χ0v) is 11.1. The van der Waals surface area contributed by atoms with Crippen LogP contribution in [0.4, 0.5) is 0 Å². The van der Waals surface area contributed by atoms with E-state index in [-0.39, 0.29) is 6.29 Å². The van der Waals surface area contributed by atoms with Crippen LogP contribution < -0.4 is 0 Å². The molecule has 1 rings (SSSR count). The highest BCUT2D eigenvalue weighted by Gasteiger charge is 2.11. The lowest BCUT2D eigenvalue weighted by Gasteiger charge is -2.15. The predicted molar refractivity (Wildman–Crippen MR) is 74.1 cm³/mol. The van der Waals surface area contributed by atoms with Gasteiger partial charge in [0.25, 0.3) is 0 Å². The summed E-state index contributed by atoms with van der Waals surface area (Å²) in [4.78, 5) is 0. The molecule has 0 fully saturated rings. The molecular weight excluding hydrogens is 224 g/mol. The first kappa shape index (κ1) is 14.5. The first-order chi connectivity index (χ1) is 8.83. The van der Waals surface area contributed by atoms with Crippen LogP contribution in [0, 0.1) is 11.8 Å². The van der Waals surface area contributed by atoms with Crippen molar-refractivity contribution in [1.29, 1.82) is 0 Å². The second kappa shape index (κ2) is 8.52. The van der Waals surface area contributed by atoms with E-state index in [0.29, 0.717) is 0 Å². The summed E-state index contributed by atoms with van der Waals surface area (Å²) in [6.07, 6.45) is 4.50. The molecule has 1 aromatic rings. The molecule has 0 bridgehead atoms. The van der Waals surface area contributed by atoms with Crippen molar-refractivity contribution in [2.75, 3.05) is 14.2 Å². The van der Waals surface area contributed by atoms with Crippen LogP contribution >= 0.6 is 0 Å². The molecule has 2 heteroatoms. The number of unbranched alkanes of at least 4 members (excludes halogenated alkanes) is 2. The minimum absolute atomic E-state index is 0.358. The van der Waals surface area contributed by atoms with Gasteiger partial charge in [-0.05, 0) is 18.9 Å². The maximum atomic E-state index is 5.27. The number of ether oxygens (including phenoxy) is 2. The summed E-state index contributed by atoms with van der Waals surface area (Å²) in [6.45, 7) is 3.69. The first-order valence-corrected chi connectivity index (χ1v) is 6.07. The quantitative estimate of drug-likeness (QED) is 0.329. The van der Waals surface area contributed by atoms with Gasteiger partial charge in [-0.15, -0.1) is 6.58 Å². The summed E-state index contributed by atoms with van der Waals surface area (Å²) in [7, 11) is 3.25. The fourth-order valence-electron chi connectivity index (χ4n) is 1.66. The van der Waals surface area contributed by atoms with Gasteiger partial charge in [0.05, 0.1) is 0 Å². The Balaban J connectivity index is 2.78. The molecule has 0 atom stereocenters. The Morgan fingerprint density at radius 2 is 2.00 bits per heavy atom. The Bertz CT molecular complexity index is 422. The highest BCUT2D eigenvalue weighted by molar-refractivity contribution is 5.42. The van der Waals surface area contributed by atoms with Crippen molar-refractivity contribution in [1.82, 2.24) is 0 Å². The van der Waals surface area contributed by atoms with Gasteiger partial charge in [0.15, 0.2) is 6.29 Å². The van der Waals surface area contributed by atoms with Crippen molar-refractivity contribution in [3.05, 3.63) is 48.0 Å². The SMILES string of the molecule is C=CCCCC#Cc1ccccc1C(OC)OC. The fourth-order valence-corrected chi connectivity index (χ4v) is 1.66. The zero-order valence-electron chi connectivity index (χ0n) is 11.1. The largest absolute Gasteiger partial charge is 0.352 e. The van der Waals surface area contributed by atoms with Gasteiger partial charge in [-0.2, -0.15) is 0 Å². The summed E-state index contributed by atoms with van der Waals surface area (Å²) in [6, 6.07) is 7.90. The molecule has 0 heterocycles. The van der Waals surface area contributed by atoms with Gasteiger partial charge in [0.2, 0.25) is 0 Å². The van der Waals surface area contributed by atoms with Crippen LogP contribution in [0.25, 0.3) is 0 Å². The average molecular weight is 244 g/mol. The van der Waals surface area contributed by atoms with Crippen LogP contribution in [0.1, 0.15) is 36.7 Å². The lowest BCUT2D eigenvalue weighted by atomic mass is 10.1. The van der Waals surface area contributed by atoms with Crippen LogP contribution in [-0.2, 0) is 9.47 Å². The fraction of sp³-hybridized carbons (Fsp3) is 0.375. The third-order valence-electron chi connectivity index (χ3n) is 2.58. The third kappa shape index (κ3) is 4.37. The van der Waals surface area contributed by atoms with E-state index in [0.717, 1.165) is 30.4 Å². The molecule has 0 aromatic heterocycles. The van der Waals surface area contributed by atoms with Crippen LogP contribution in [0.5, 0.6) is 0 Å². The van der Waals surface area contributed by atoms with Crippen LogP contribution in [0.2, 0.25) is 0 Å². The molecule has 0 aliphatic rings. The van der Waals surface area contributed by atoms with Gasteiger partial charge in [-0.1, -0.05) is 36.1 Å². The second-order valence-electron chi connectivity index (χ2n) is 3.87.